The van der Waals surface area contributed by atoms with E-state index in [9.17, 15) is 4.79 Å². The molecule has 1 amide bonds. The summed E-state index contributed by atoms with van der Waals surface area (Å²) in [6.07, 6.45) is 1.57. The van der Waals surface area contributed by atoms with Crippen LogP contribution in [-0.2, 0) is 0 Å². The first-order valence-corrected chi connectivity index (χ1v) is 9.57. The van der Waals surface area contributed by atoms with E-state index in [-0.39, 0.29) is 0 Å². The van der Waals surface area contributed by atoms with E-state index in [1.807, 2.05) is 24.4 Å². The largest absolute Gasteiger partial charge is 0.366 e. The Morgan fingerprint density at radius 3 is 2.79 bits per heavy atom. The minimum absolute atomic E-state index is 0.414. The van der Waals surface area contributed by atoms with Crippen molar-refractivity contribution in [2.75, 3.05) is 5.32 Å². The molecule has 0 spiro atoms. The predicted octanol–water partition coefficient (Wildman–Crippen LogP) is 4.40. The number of halogens is 1. The van der Waals surface area contributed by atoms with Gasteiger partial charge in [0, 0.05) is 22.8 Å². The second-order valence-corrected chi connectivity index (χ2v) is 7.29. The van der Waals surface area contributed by atoms with Crippen molar-refractivity contribution in [1.29, 1.82) is 0 Å². The maximum absolute atomic E-state index is 11.7. The lowest BCUT2D eigenvalue weighted by Crippen LogP contribution is -2.12. The number of nitrogens with one attached hydrogen (secondary N) is 2. The van der Waals surface area contributed by atoms with Crippen molar-refractivity contribution in [3.63, 3.8) is 0 Å². The average molecular weight is 411 g/mol. The number of imidazole rings is 1. The fourth-order valence-electron chi connectivity index (χ4n) is 2.74. The van der Waals surface area contributed by atoms with Gasteiger partial charge in [0.15, 0.2) is 5.13 Å². The number of pyridine rings is 1. The van der Waals surface area contributed by atoms with Crippen molar-refractivity contribution in [2.45, 2.75) is 6.92 Å². The molecule has 0 aliphatic rings. The molecular weight excluding hydrogens is 396 g/mol. The summed E-state index contributed by atoms with van der Waals surface area (Å²) in [5, 5.41) is 6.31. The van der Waals surface area contributed by atoms with Gasteiger partial charge in [0.2, 0.25) is 5.91 Å². The van der Waals surface area contributed by atoms with E-state index in [4.69, 9.17) is 17.3 Å². The van der Waals surface area contributed by atoms with Crippen molar-refractivity contribution < 1.29 is 4.79 Å². The van der Waals surface area contributed by atoms with Crippen molar-refractivity contribution in [3.8, 4) is 22.8 Å². The molecule has 1 aromatic carbocycles. The lowest BCUT2D eigenvalue weighted by atomic mass is 10.1. The molecule has 0 saturated carbocycles. The minimum atomic E-state index is -0.498. The average Bonchev–Trinajstić information content (AvgIpc) is 3.30. The Morgan fingerprint density at radius 2 is 2.04 bits per heavy atom. The molecule has 0 aliphatic carbocycles. The van der Waals surface area contributed by atoms with E-state index < -0.39 is 5.91 Å². The third-order valence-corrected chi connectivity index (χ3v) is 5.02. The quantitative estimate of drug-likeness (QED) is 0.451. The van der Waals surface area contributed by atoms with Crippen LogP contribution in [0.5, 0.6) is 0 Å². The van der Waals surface area contributed by atoms with E-state index in [1.165, 1.54) is 11.3 Å². The molecule has 4 rings (SSSR count). The first kappa shape index (κ1) is 18.1. The zero-order valence-corrected chi connectivity index (χ0v) is 16.3. The third-order valence-electron chi connectivity index (χ3n) is 4.04. The summed E-state index contributed by atoms with van der Waals surface area (Å²) >= 11 is 7.30. The SMILES string of the molecule is Cc1[nH]c(-c2ccccc2C(N)=O)nc1-c1csc(Nc2ccc(Cl)cn2)n1. The Labute approximate surface area is 169 Å². The van der Waals surface area contributed by atoms with Crippen LogP contribution in [0.3, 0.4) is 0 Å². The zero-order valence-electron chi connectivity index (χ0n) is 14.7. The number of hydrogen-bond donors (Lipinski definition) is 3. The van der Waals surface area contributed by atoms with Gasteiger partial charge in [0.05, 0.1) is 10.6 Å². The number of aromatic nitrogens is 4. The van der Waals surface area contributed by atoms with Crippen molar-refractivity contribution in [2.24, 2.45) is 5.73 Å². The van der Waals surface area contributed by atoms with Crippen LogP contribution in [0.2, 0.25) is 5.02 Å². The number of amides is 1. The smallest absolute Gasteiger partial charge is 0.249 e. The second kappa shape index (κ2) is 7.41. The second-order valence-electron chi connectivity index (χ2n) is 5.99. The van der Waals surface area contributed by atoms with Crippen LogP contribution < -0.4 is 11.1 Å². The molecule has 0 unspecified atom stereocenters. The van der Waals surface area contributed by atoms with Gasteiger partial charge < -0.3 is 16.0 Å². The van der Waals surface area contributed by atoms with Gasteiger partial charge in [-0.2, -0.15) is 0 Å². The molecule has 0 fully saturated rings. The van der Waals surface area contributed by atoms with Gasteiger partial charge in [-0.25, -0.2) is 15.0 Å². The number of anilines is 2. The van der Waals surface area contributed by atoms with Gasteiger partial charge in [-0.05, 0) is 25.1 Å². The molecule has 28 heavy (non-hydrogen) atoms. The summed E-state index contributed by atoms with van der Waals surface area (Å²) in [6.45, 7) is 1.91. The number of carbonyl (C=O) groups is 1. The van der Waals surface area contributed by atoms with Gasteiger partial charge >= 0.3 is 0 Å². The summed E-state index contributed by atoms with van der Waals surface area (Å²) in [5.41, 5.74) is 8.82. The van der Waals surface area contributed by atoms with Crippen molar-refractivity contribution in [3.05, 3.63) is 64.3 Å². The number of thiazole rings is 1. The lowest BCUT2D eigenvalue weighted by Gasteiger charge is -2.02. The van der Waals surface area contributed by atoms with Crippen LogP contribution in [-0.4, -0.2) is 25.8 Å². The Bertz CT molecular complexity index is 1150. The highest BCUT2D eigenvalue weighted by Gasteiger charge is 2.17. The number of primary amides is 1. The van der Waals surface area contributed by atoms with Crippen molar-refractivity contribution in [1.82, 2.24) is 19.9 Å². The Hall–Kier alpha value is -3.23. The Balaban J connectivity index is 1.64. The number of nitrogens with two attached hydrogens (primary N) is 1. The summed E-state index contributed by atoms with van der Waals surface area (Å²) in [4.78, 5) is 28.4. The van der Waals surface area contributed by atoms with E-state index in [2.05, 4.69) is 25.3 Å². The topological polar surface area (TPSA) is 110 Å². The van der Waals surface area contributed by atoms with Crippen LogP contribution in [0.1, 0.15) is 16.1 Å². The molecule has 7 nitrogen and oxygen atoms in total. The number of aromatic amines is 1. The number of benzene rings is 1. The maximum atomic E-state index is 11.7. The predicted molar refractivity (Wildman–Crippen MR) is 111 cm³/mol. The summed E-state index contributed by atoms with van der Waals surface area (Å²) in [5.74, 6) is 0.728. The van der Waals surface area contributed by atoms with Gasteiger partial charge in [0.25, 0.3) is 0 Å². The zero-order chi connectivity index (χ0) is 19.7. The molecule has 0 bridgehead atoms. The molecular formula is C19H15ClN6OS. The number of carbonyl (C=O) groups excluding carboxylic acids is 1. The Kier molecular flexibility index (Phi) is 4.81. The first-order valence-electron chi connectivity index (χ1n) is 8.31. The first-order chi connectivity index (χ1) is 13.5. The minimum Gasteiger partial charge on any atom is -0.366 e. The Morgan fingerprint density at radius 1 is 1.21 bits per heavy atom. The number of hydrogen-bond acceptors (Lipinski definition) is 6. The van der Waals surface area contributed by atoms with E-state index in [1.54, 1.807) is 30.5 Å². The highest BCUT2D eigenvalue weighted by molar-refractivity contribution is 7.14. The molecule has 3 aromatic heterocycles. The van der Waals surface area contributed by atoms with Gasteiger partial charge in [0.1, 0.15) is 23.0 Å². The highest BCUT2D eigenvalue weighted by atomic mass is 35.5. The van der Waals surface area contributed by atoms with Crippen LogP contribution in [0.15, 0.2) is 48.0 Å². The summed E-state index contributed by atoms with van der Waals surface area (Å²) in [7, 11) is 0. The lowest BCUT2D eigenvalue weighted by molar-refractivity contribution is 0.100. The van der Waals surface area contributed by atoms with E-state index in [0.717, 1.165) is 11.4 Å². The van der Waals surface area contributed by atoms with Crippen LogP contribution in [0, 0.1) is 6.92 Å². The fourth-order valence-corrected chi connectivity index (χ4v) is 3.55. The monoisotopic (exact) mass is 410 g/mol. The third kappa shape index (κ3) is 3.60. The molecule has 0 aliphatic heterocycles. The van der Waals surface area contributed by atoms with Crippen molar-refractivity contribution >= 4 is 39.8 Å². The normalized spacial score (nSPS) is 10.8. The fraction of sp³-hybridized carbons (Fsp3) is 0.0526. The number of rotatable bonds is 5. The standard InChI is InChI=1S/C19H15ClN6OS/c1-10-16(26-18(23-10)13-5-3-2-4-12(13)17(21)27)14-9-28-19(24-14)25-15-7-6-11(20)8-22-15/h2-9H,1H3,(H2,21,27)(H,23,26)(H,22,24,25). The van der Waals surface area contributed by atoms with Gasteiger partial charge in [-0.3, -0.25) is 4.79 Å². The maximum Gasteiger partial charge on any atom is 0.249 e. The highest BCUT2D eigenvalue weighted by Crippen LogP contribution is 2.30. The molecule has 140 valence electrons. The van der Waals surface area contributed by atoms with Gasteiger partial charge in [-0.1, -0.05) is 29.8 Å². The number of nitrogens with zero attached hydrogens (tertiary/aromatic N) is 3. The molecule has 3 heterocycles. The van der Waals surface area contributed by atoms with Gasteiger partial charge in [-0.15, -0.1) is 11.3 Å². The summed E-state index contributed by atoms with van der Waals surface area (Å²) in [6, 6.07) is 10.6. The molecule has 0 radical (unpaired) electrons. The molecule has 0 atom stereocenters. The molecule has 0 saturated heterocycles. The van der Waals surface area contributed by atoms with E-state index >= 15 is 0 Å². The molecule has 4 aromatic rings. The molecule has 9 heteroatoms. The summed E-state index contributed by atoms with van der Waals surface area (Å²) < 4.78 is 0. The number of H-pyrrole nitrogens is 1. The van der Waals surface area contributed by atoms with Crippen LogP contribution in [0.25, 0.3) is 22.8 Å². The van der Waals surface area contributed by atoms with E-state index in [0.29, 0.717) is 38.6 Å². The van der Waals surface area contributed by atoms with Crippen LogP contribution in [0.4, 0.5) is 10.9 Å². The molecule has 4 N–H and O–H groups in total. The van der Waals surface area contributed by atoms with Crippen LogP contribution >= 0.6 is 22.9 Å². The number of aryl methyl sites for hydroxylation is 1.